The number of rotatable bonds is 6. The summed E-state index contributed by atoms with van der Waals surface area (Å²) in [5, 5.41) is 2.31. The van der Waals surface area contributed by atoms with E-state index in [9.17, 15) is 39.6 Å². The van der Waals surface area contributed by atoms with Gasteiger partial charge in [-0.05, 0) is 35.9 Å². The van der Waals surface area contributed by atoms with Crippen LogP contribution in [0.15, 0.2) is 64.7 Å². The Kier molecular flexibility index (Phi) is 8.09. The van der Waals surface area contributed by atoms with Gasteiger partial charge in [0.25, 0.3) is 0 Å². The number of hydrogen-bond donors (Lipinski definition) is 1. The number of carbonyl (C=O) groups excluding carboxylic acids is 1. The molecule has 3 aromatic rings. The van der Waals surface area contributed by atoms with Crippen molar-refractivity contribution in [3.05, 3.63) is 66.1 Å². The summed E-state index contributed by atoms with van der Waals surface area (Å²) in [4.78, 5) is 23.2. The molecule has 0 aliphatic rings. The highest BCUT2D eigenvalue weighted by Crippen LogP contribution is 2.31. The van der Waals surface area contributed by atoms with Crippen LogP contribution in [0.4, 0.5) is 32.2 Å². The molecule has 0 spiro atoms. The molecule has 15 heteroatoms. The van der Waals surface area contributed by atoms with Crippen LogP contribution in [0.3, 0.4) is 0 Å². The summed E-state index contributed by atoms with van der Waals surface area (Å²) >= 11 is 0. The molecular weight excluding hydrogens is 542 g/mol. The molecule has 3 rings (SSSR count). The fraction of sp³-hybridized carbons (Fsp3) is 0.217. The van der Waals surface area contributed by atoms with Gasteiger partial charge in [-0.2, -0.15) is 13.2 Å². The van der Waals surface area contributed by atoms with Crippen molar-refractivity contribution in [2.45, 2.75) is 31.3 Å². The van der Waals surface area contributed by atoms with Gasteiger partial charge in [-0.3, -0.25) is 9.78 Å². The maximum Gasteiger partial charge on any atom is 0.573 e. The third-order valence-electron chi connectivity index (χ3n) is 4.81. The van der Waals surface area contributed by atoms with Gasteiger partial charge in [-0.25, -0.2) is 18.4 Å². The highest BCUT2D eigenvalue weighted by molar-refractivity contribution is 7.91. The van der Waals surface area contributed by atoms with Crippen molar-refractivity contribution in [1.29, 1.82) is 0 Å². The Labute approximate surface area is 212 Å². The molecule has 0 unspecified atom stereocenters. The van der Waals surface area contributed by atoms with Gasteiger partial charge >= 0.3 is 12.5 Å². The lowest BCUT2D eigenvalue weighted by atomic mass is 10.1. The smallest absolute Gasteiger partial charge is 0.406 e. The zero-order chi connectivity index (χ0) is 28.3. The monoisotopic (exact) mass is 560 g/mol. The van der Waals surface area contributed by atoms with E-state index in [4.69, 9.17) is 0 Å². The first-order valence-corrected chi connectivity index (χ1v) is 12.2. The van der Waals surface area contributed by atoms with E-state index in [2.05, 4.69) is 25.0 Å². The van der Waals surface area contributed by atoms with E-state index in [0.29, 0.717) is 17.8 Å². The number of amides is 1. The number of alkyl halides is 6. The SMILES string of the molecule is CCS(=O)(=O)c1cc(-c2ccc(OC(F)(F)F)cc2)cnc1C(=Nc1ccc(C(F)(F)F)cn1)NC(C)=O. The highest BCUT2D eigenvalue weighted by Gasteiger charge is 2.32. The zero-order valence-electron chi connectivity index (χ0n) is 19.6. The van der Waals surface area contributed by atoms with E-state index >= 15 is 0 Å². The fourth-order valence-corrected chi connectivity index (χ4v) is 4.12. The Hall–Kier alpha value is -4.01. The Bertz CT molecular complexity index is 1450. The number of carbonyl (C=O) groups is 1. The van der Waals surface area contributed by atoms with Gasteiger partial charge < -0.3 is 10.1 Å². The van der Waals surface area contributed by atoms with Crippen LogP contribution in [0.1, 0.15) is 25.1 Å². The highest BCUT2D eigenvalue weighted by atomic mass is 32.2. The van der Waals surface area contributed by atoms with Gasteiger partial charge in [0.15, 0.2) is 21.5 Å². The molecule has 2 aromatic heterocycles. The minimum Gasteiger partial charge on any atom is -0.406 e. The van der Waals surface area contributed by atoms with Crippen molar-refractivity contribution in [2.24, 2.45) is 4.99 Å². The first-order chi connectivity index (χ1) is 17.6. The summed E-state index contributed by atoms with van der Waals surface area (Å²) in [5.74, 6) is -2.22. The maximum absolute atomic E-state index is 12.9. The number of hydrogen-bond acceptors (Lipinski definition) is 7. The zero-order valence-corrected chi connectivity index (χ0v) is 20.4. The van der Waals surface area contributed by atoms with E-state index in [-0.39, 0.29) is 22.0 Å². The number of benzene rings is 1. The number of amidine groups is 1. The number of halogens is 6. The Morgan fingerprint density at radius 2 is 1.63 bits per heavy atom. The Morgan fingerprint density at radius 3 is 2.13 bits per heavy atom. The standard InChI is InChI=1S/C23H18F6N4O4S/c1-3-38(35,36)18-10-15(14-4-7-17(8-5-14)37-23(27,28)29)11-31-20(18)21(32-13(2)34)33-19-9-6-16(12-30-19)22(24,25)26/h4-12H,3H2,1-2H3,(H,30,32,33,34). The molecule has 202 valence electrons. The first-order valence-electron chi connectivity index (χ1n) is 10.6. The van der Waals surface area contributed by atoms with Crippen molar-refractivity contribution in [3.63, 3.8) is 0 Å². The second kappa shape index (κ2) is 10.8. The lowest BCUT2D eigenvalue weighted by Gasteiger charge is -2.14. The third kappa shape index (κ3) is 7.27. The summed E-state index contributed by atoms with van der Waals surface area (Å²) in [6, 6.07) is 7.42. The van der Waals surface area contributed by atoms with Crippen molar-refractivity contribution in [3.8, 4) is 16.9 Å². The second-order valence-corrected chi connectivity index (χ2v) is 9.84. The first kappa shape index (κ1) is 28.6. The number of pyridine rings is 2. The normalized spacial score (nSPS) is 12.8. The van der Waals surface area contributed by atoms with Crippen molar-refractivity contribution in [1.82, 2.24) is 15.3 Å². The number of aromatic nitrogens is 2. The molecule has 0 radical (unpaired) electrons. The van der Waals surface area contributed by atoms with Crippen LogP contribution in [-0.2, 0) is 20.8 Å². The predicted molar refractivity (Wildman–Crippen MR) is 123 cm³/mol. The summed E-state index contributed by atoms with van der Waals surface area (Å²) in [7, 11) is -4.03. The molecule has 1 aromatic carbocycles. The van der Waals surface area contributed by atoms with Crippen LogP contribution in [0.25, 0.3) is 11.1 Å². The lowest BCUT2D eigenvalue weighted by molar-refractivity contribution is -0.274. The lowest BCUT2D eigenvalue weighted by Crippen LogP contribution is -2.31. The van der Waals surface area contributed by atoms with Crippen LogP contribution in [0, 0.1) is 0 Å². The quantitative estimate of drug-likeness (QED) is 0.256. The topological polar surface area (TPSA) is 111 Å². The molecule has 0 bridgehead atoms. The van der Waals surface area contributed by atoms with Gasteiger partial charge in [-0.15, -0.1) is 13.2 Å². The number of sulfone groups is 1. The van der Waals surface area contributed by atoms with Crippen LogP contribution in [0.2, 0.25) is 0 Å². The minimum atomic E-state index is -4.89. The molecule has 0 saturated carbocycles. The van der Waals surface area contributed by atoms with Gasteiger partial charge in [0.1, 0.15) is 11.4 Å². The van der Waals surface area contributed by atoms with E-state index in [1.165, 1.54) is 31.3 Å². The van der Waals surface area contributed by atoms with Crippen molar-refractivity contribution >= 4 is 27.4 Å². The molecule has 0 atom stereocenters. The Morgan fingerprint density at radius 1 is 0.974 bits per heavy atom. The molecule has 1 N–H and O–H groups in total. The van der Waals surface area contributed by atoms with Crippen LogP contribution < -0.4 is 10.1 Å². The summed E-state index contributed by atoms with van der Waals surface area (Å²) in [5.41, 5.74) is -0.854. The molecule has 0 fully saturated rings. The third-order valence-corrected chi connectivity index (χ3v) is 6.55. The van der Waals surface area contributed by atoms with Crippen molar-refractivity contribution < 1.29 is 44.3 Å². The number of nitrogens with zero attached hydrogens (tertiary/aromatic N) is 3. The summed E-state index contributed by atoms with van der Waals surface area (Å²) in [6.07, 6.45) is -7.82. The minimum absolute atomic E-state index is 0.203. The second-order valence-electron chi connectivity index (χ2n) is 7.59. The molecule has 0 aliphatic heterocycles. The molecule has 1 amide bonds. The molecule has 2 heterocycles. The van der Waals surface area contributed by atoms with Gasteiger partial charge in [0.05, 0.1) is 16.2 Å². The number of aliphatic imine (C=N–C) groups is 1. The Balaban J connectivity index is 2.11. The fourth-order valence-electron chi connectivity index (χ4n) is 3.06. The van der Waals surface area contributed by atoms with Crippen molar-refractivity contribution in [2.75, 3.05) is 5.75 Å². The van der Waals surface area contributed by atoms with Crippen LogP contribution in [-0.4, -0.2) is 42.2 Å². The summed E-state index contributed by atoms with van der Waals surface area (Å²) < 4.78 is 106. The predicted octanol–water partition coefficient (Wildman–Crippen LogP) is 5.07. The molecule has 0 aliphatic carbocycles. The molecular formula is C23H18F6N4O4S. The summed E-state index contributed by atoms with van der Waals surface area (Å²) in [6.45, 7) is 2.45. The van der Waals surface area contributed by atoms with E-state index in [0.717, 1.165) is 25.1 Å². The largest absolute Gasteiger partial charge is 0.573 e. The average Bonchev–Trinajstić information content (AvgIpc) is 2.82. The van der Waals surface area contributed by atoms with Crippen LogP contribution >= 0.6 is 0 Å². The van der Waals surface area contributed by atoms with Crippen LogP contribution in [0.5, 0.6) is 5.75 Å². The maximum atomic E-state index is 12.9. The number of ether oxygens (including phenoxy) is 1. The van der Waals surface area contributed by atoms with Gasteiger partial charge in [0, 0.05) is 24.9 Å². The average molecular weight is 560 g/mol. The molecule has 38 heavy (non-hydrogen) atoms. The van der Waals surface area contributed by atoms with E-state index in [1.54, 1.807) is 0 Å². The molecule has 0 saturated heterocycles. The van der Waals surface area contributed by atoms with E-state index in [1.807, 2.05) is 0 Å². The van der Waals surface area contributed by atoms with E-state index < -0.39 is 51.2 Å². The molecule has 8 nitrogen and oxygen atoms in total. The van der Waals surface area contributed by atoms with Gasteiger partial charge in [-0.1, -0.05) is 19.1 Å². The van der Waals surface area contributed by atoms with Gasteiger partial charge in [0.2, 0.25) is 5.91 Å². The number of nitrogens with one attached hydrogen (secondary N) is 1.